The number of allylic oxidation sites excluding steroid dienone is 4. The van der Waals surface area contributed by atoms with Crippen LogP contribution < -0.4 is 10.1 Å². The van der Waals surface area contributed by atoms with Crippen molar-refractivity contribution in [3.8, 4) is 17.6 Å². The van der Waals surface area contributed by atoms with E-state index in [9.17, 15) is 14.3 Å². The maximum atomic E-state index is 11.2. The van der Waals surface area contributed by atoms with Crippen LogP contribution in [0.25, 0.3) is 0 Å². The normalized spacial score (nSPS) is 18.6. The van der Waals surface area contributed by atoms with E-state index >= 15 is 0 Å². The number of carboxylic acid groups (broad SMARTS) is 1. The molecule has 0 spiro atoms. The third-order valence-electron chi connectivity index (χ3n) is 4.08. The Kier molecular flexibility index (Phi) is 8.45. The van der Waals surface area contributed by atoms with E-state index in [4.69, 9.17) is 16.3 Å². The summed E-state index contributed by atoms with van der Waals surface area (Å²) in [6.07, 6.45) is 7.27. The molecule has 0 bridgehead atoms. The Morgan fingerprint density at radius 1 is 1.40 bits per heavy atom. The van der Waals surface area contributed by atoms with Crippen molar-refractivity contribution in [2.24, 2.45) is 4.99 Å². The van der Waals surface area contributed by atoms with Crippen molar-refractivity contribution in [3.05, 3.63) is 77.4 Å². The van der Waals surface area contributed by atoms with Crippen LogP contribution in [0.3, 0.4) is 0 Å². The van der Waals surface area contributed by atoms with Crippen LogP contribution in [0, 0.1) is 18.8 Å². The molecule has 5 nitrogen and oxygen atoms in total. The van der Waals surface area contributed by atoms with Crippen LogP contribution in [0.5, 0.6) is 5.75 Å². The minimum Gasteiger partial charge on any atom is -0.478 e. The number of benzene rings is 1. The molecular formula is C23H22ClFN2O3. The number of rotatable bonds is 4. The zero-order chi connectivity index (χ0) is 22.1. The van der Waals surface area contributed by atoms with Gasteiger partial charge in [0, 0.05) is 12.0 Å². The Balaban J connectivity index is 0.000000735. The number of carbonyl (C=O) groups is 1. The number of aryl methyl sites for hydroxylation is 1. The zero-order valence-electron chi connectivity index (χ0n) is 16.5. The minimum absolute atomic E-state index is 0.107. The highest BCUT2D eigenvalue weighted by atomic mass is 35.5. The van der Waals surface area contributed by atoms with E-state index < -0.39 is 12.6 Å². The molecule has 1 aromatic rings. The summed E-state index contributed by atoms with van der Waals surface area (Å²) in [7, 11) is 0. The number of alkyl halides is 1. The summed E-state index contributed by atoms with van der Waals surface area (Å²) in [6, 6.07) is 4.91. The second-order valence-electron chi connectivity index (χ2n) is 6.31. The molecule has 3 rings (SSSR count). The van der Waals surface area contributed by atoms with Gasteiger partial charge in [0.05, 0.1) is 22.7 Å². The Morgan fingerprint density at radius 2 is 2.13 bits per heavy atom. The van der Waals surface area contributed by atoms with Crippen LogP contribution in [0.15, 0.2) is 71.3 Å². The number of nitrogens with one attached hydrogen (secondary N) is 1. The van der Waals surface area contributed by atoms with Gasteiger partial charge in [-0.1, -0.05) is 41.7 Å². The first-order chi connectivity index (χ1) is 14.4. The molecule has 0 radical (unpaired) electrons. The number of fused-ring (bicyclic) bond motifs is 1. The molecule has 0 saturated heterocycles. The average Bonchev–Trinajstić information content (AvgIpc) is 3.10. The second kappa shape index (κ2) is 11.0. The van der Waals surface area contributed by atoms with E-state index in [1.165, 1.54) is 12.1 Å². The number of nitrogens with zero attached hydrogens (tertiary/aromatic N) is 1. The highest BCUT2D eigenvalue weighted by Crippen LogP contribution is 2.27. The van der Waals surface area contributed by atoms with Gasteiger partial charge < -0.3 is 15.2 Å². The number of carboxylic acids is 1. The summed E-state index contributed by atoms with van der Waals surface area (Å²) >= 11 is 6.27. The fourth-order valence-corrected chi connectivity index (χ4v) is 2.88. The van der Waals surface area contributed by atoms with Crippen LogP contribution in [-0.2, 0) is 0 Å². The molecule has 156 valence electrons. The lowest BCUT2D eigenvalue weighted by Gasteiger charge is -2.17. The predicted octanol–water partition coefficient (Wildman–Crippen LogP) is 4.55. The van der Waals surface area contributed by atoms with Crippen LogP contribution in [0.1, 0.15) is 22.3 Å². The smallest absolute Gasteiger partial charge is 0.336 e. The largest absolute Gasteiger partial charge is 0.478 e. The molecule has 0 amide bonds. The van der Waals surface area contributed by atoms with Gasteiger partial charge in [0.15, 0.2) is 0 Å². The summed E-state index contributed by atoms with van der Waals surface area (Å²) in [6.45, 7) is 8.06. The number of ether oxygens (including phenoxy) is 1. The third kappa shape index (κ3) is 6.10. The van der Waals surface area contributed by atoms with Gasteiger partial charge in [-0.25, -0.2) is 14.2 Å². The maximum absolute atomic E-state index is 11.2. The standard InChI is InChI=1S/C20H17ClN2O3.C3H5F/c1-3-4-5-6-13-9-17-18(11-16(13)21)23-20(22-17)26-14-8-7-12(2)15(10-14)19(24)25;1-2-3-4/h3,7-11,17-18H,1,4H2,2H3,(H,22,23)(H,24,25);2H,1,3H2. The lowest BCUT2D eigenvalue weighted by atomic mass is 9.99. The SMILES string of the molecule is C=CCC#CC1=CC2NC(Oc3ccc(C)c(C(=O)O)c3)=NC2C=C1Cl.C=CCF. The molecule has 0 saturated carbocycles. The van der Waals surface area contributed by atoms with Gasteiger partial charge in [0.25, 0.3) is 6.02 Å². The Morgan fingerprint density at radius 3 is 2.77 bits per heavy atom. The van der Waals surface area contributed by atoms with E-state index in [0.717, 1.165) is 5.57 Å². The first-order valence-electron chi connectivity index (χ1n) is 9.11. The van der Waals surface area contributed by atoms with Gasteiger partial charge in [0.2, 0.25) is 0 Å². The van der Waals surface area contributed by atoms with Crippen molar-refractivity contribution in [1.82, 2.24) is 5.32 Å². The number of aromatic carboxylic acids is 1. The molecule has 2 N–H and O–H groups in total. The lowest BCUT2D eigenvalue weighted by molar-refractivity contribution is 0.0695. The van der Waals surface area contributed by atoms with Gasteiger partial charge in [-0.15, -0.1) is 13.2 Å². The molecule has 2 unspecified atom stereocenters. The Labute approximate surface area is 180 Å². The van der Waals surface area contributed by atoms with Gasteiger partial charge in [-0.05, 0) is 36.8 Å². The summed E-state index contributed by atoms with van der Waals surface area (Å²) < 4.78 is 16.3. The Bertz CT molecular complexity index is 986. The van der Waals surface area contributed by atoms with Crippen molar-refractivity contribution in [3.63, 3.8) is 0 Å². The summed E-state index contributed by atoms with van der Waals surface area (Å²) in [5, 5.41) is 12.9. The van der Waals surface area contributed by atoms with E-state index in [1.807, 2.05) is 12.2 Å². The highest BCUT2D eigenvalue weighted by Gasteiger charge is 2.31. The quantitative estimate of drug-likeness (QED) is 0.545. The molecule has 1 aliphatic heterocycles. The molecule has 0 aromatic heterocycles. The van der Waals surface area contributed by atoms with Crippen molar-refractivity contribution < 1.29 is 19.0 Å². The first-order valence-corrected chi connectivity index (χ1v) is 9.49. The molecule has 2 atom stereocenters. The predicted molar refractivity (Wildman–Crippen MR) is 118 cm³/mol. The molecule has 1 aromatic carbocycles. The van der Waals surface area contributed by atoms with E-state index in [-0.39, 0.29) is 17.6 Å². The van der Waals surface area contributed by atoms with Gasteiger partial charge in [-0.3, -0.25) is 0 Å². The van der Waals surface area contributed by atoms with E-state index in [0.29, 0.717) is 28.8 Å². The van der Waals surface area contributed by atoms with Crippen LogP contribution in [0.2, 0.25) is 0 Å². The van der Waals surface area contributed by atoms with Crippen LogP contribution >= 0.6 is 11.6 Å². The topological polar surface area (TPSA) is 70.9 Å². The molecule has 2 aliphatic rings. The minimum atomic E-state index is -0.997. The fraction of sp³-hybridized carbons (Fsp3) is 0.217. The Hall–Kier alpha value is -3.30. The van der Waals surface area contributed by atoms with Crippen LogP contribution in [-0.4, -0.2) is 35.9 Å². The maximum Gasteiger partial charge on any atom is 0.336 e. The summed E-state index contributed by atoms with van der Waals surface area (Å²) in [5.74, 6) is 5.40. The van der Waals surface area contributed by atoms with Crippen molar-refractivity contribution in [1.29, 1.82) is 0 Å². The van der Waals surface area contributed by atoms with Crippen molar-refractivity contribution in [2.45, 2.75) is 25.4 Å². The number of hydrogen-bond acceptors (Lipinski definition) is 4. The zero-order valence-corrected chi connectivity index (χ0v) is 17.2. The molecule has 7 heteroatoms. The number of amidine groups is 1. The number of hydrogen-bond donors (Lipinski definition) is 2. The number of halogens is 2. The van der Waals surface area contributed by atoms with E-state index in [2.05, 4.69) is 35.3 Å². The average molecular weight is 429 g/mol. The molecular weight excluding hydrogens is 407 g/mol. The second-order valence-corrected chi connectivity index (χ2v) is 6.72. The van der Waals surface area contributed by atoms with Gasteiger partial charge in [-0.2, -0.15) is 0 Å². The van der Waals surface area contributed by atoms with Crippen LogP contribution in [0.4, 0.5) is 4.39 Å². The van der Waals surface area contributed by atoms with Crippen molar-refractivity contribution in [2.75, 3.05) is 6.67 Å². The fourth-order valence-electron chi connectivity index (χ4n) is 2.64. The molecule has 1 heterocycles. The van der Waals surface area contributed by atoms with Gasteiger partial charge >= 0.3 is 5.97 Å². The molecule has 1 aliphatic carbocycles. The summed E-state index contributed by atoms with van der Waals surface area (Å²) in [4.78, 5) is 15.7. The van der Waals surface area contributed by atoms with Gasteiger partial charge in [0.1, 0.15) is 12.4 Å². The third-order valence-corrected chi connectivity index (χ3v) is 4.41. The summed E-state index contributed by atoms with van der Waals surface area (Å²) in [5.41, 5.74) is 1.60. The monoisotopic (exact) mass is 428 g/mol. The highest BCUT2D eigenvalue weighted by molar-refractivity contribution is 6.32. The van der Waals surface area contributed by atoms with E-state index in [1.54, 1.807) is 25.1 Å². The first kappa shape index (κ1) is 23.0. The number of aliphatic imine (C=N–C) groups is 1. The molecule has 30 heavy (non-hydrogen) atoms. The lowest BCUT2D eigenvalue weighted by Crippen LogP contribution is -2.36. The van der Waals surface area contributed by atoms with Crippen molar-refractivity contribution >= 4 is 23.6 Å². The molecule has 0 fully saturated rings.